The molecular weight excluding hydrogens is 356 g/mol. The summed E-state index contributed by atoms with van der Waals surface area (Å²) in [4.78, 5) is 2.18. The molecule has 1 aromatic heterocycles. The molecule has 11 heteroatoms. The number of nitrogens with one attached hydrogen (secondary N) is 2. The normalized spacial score (nSPS) is 11.2. The third-order valence-corrected chi connectivity index (χ3v) is 4.26. The summed E-state index contributed by atoms with van der Waals surface area (Å²) in [7, 11) is 2.77. The molecule has 2 aromatic rings. The van der Waals surface area contributed by atoms with Gasteiger partial charge in [0.25, 0.3) is 0 Å². The number of hydrogen-bond donors (Lipinski definition) is 4. The van der Waals surface area contributed by atoms with E-state index in [1.165, 1.54) is 0 Å². The summed E-state index contributed by atoms with van der Waals surface area (Å²) in [6.07, 6.45) is 3.86. The molecule has 0 fully saturated rings. The largest absolute Gasteiger partial charge is 0.437 e. The van der Waals surface area contributed by atoms with Crippen LogP contribution in [-0.2, 0) is 14.1 Å². The molecule has 0 spiro atoms. The average molecular weight is 386 g/mol. The van der Waals surface area contributed by atoms with E-state index in [-0.39, 0.29) is 0 Å². The summed E-state index contributed by atoms with van der Waals surface area (Å²) < 4.78 is 3.81. The van der Waals surface area contributed by atoms with Gasteiger partial charge in [0.15, 0.2) is 0 Å². The van der Waals surface area contributed by atoms with Crippen LogP contribution in [0.1, 0.15) is 0 Å². The predicted octanol–water partition coefficient (Wildman–Crippen LogP) is 0.471. The summed E-state index contributed by atoms with van der Waals surface area (Å²) in [5.41, 5.74) is 1.82. The van der Waals surface area contributed by atoms with Crippen LogP contribution in [0.5, 0.6) is 0 Å². The van der Waals surface area contributed by atoms with E-state index in [4.69, 9.17) is 0 Å². The van der Waals surface area contributed by atoms with Gasteiger partial charge >= 0.3 is 20.0 Å². The van der Waals surface area contributed by atoms with Gasteiger partial charge in [-0.05, 0) is 37.9 Å². The Hall–Kier alpha value is -2.20. The molecule has 0 amide bonds. The molecule has 0 aliphatic rings. The van der Waals surface area contributed by atoms with Crippen LogP contribution in [0.15, 0.2) is 46.9 Å². The van der Waals surface area contributed by atoms with Crippen molar-refractivity contribution in [3.63, 3.8) is 0 Å². The lowest BCUT2D eigenvalue weighted by Crippen LogP contribution is -2.42. The fourth-order valence-corrected chi connectivity index (χ4v) is 2.74. The first kappa shape index (κ1) is 22.1. The van der Waals surface area contributed by atoms with Gasteiger partial charge < -0.3 is 25.4 Å². The molecule has 0 unspecified atom stereocenters. The number of hydrogen-bond acceptors (Lipinski definition) is 7. The van der Waals surface area contributed by atoms with Gasteiger partial charge in [0.2, 0.25) is 0 Å². The summed E-state index contributed by atoms with van der Waals surface area (Å²) in [6, 6.07) is 7.87. The smallest absolute Gasteiger partial charge is 0.421 e. The molecule has 0 bridgehead atoms. The Morgan fingerprint density at radius 3 is 2.07 bits per heavy atom. The summed E-state index contributed by atoms with van der Waals surface area (Å²) >= 11 is 0. The molecule has 0 saturated carbocycles. The van der Waals surface area contributed by atoms with E-state index in [2.05, 4.69) is 25.6 Å². The van der Waals surface area contributed by atoms with E-state index in [0.29, 0.717) is 13.1 Å². The van der Waals surface area contributed by atoms with Crippen LogP contribution in [0.2, 0.25) is 13.6 Å². The number of rotatable bonds is 11. The molecule has 150 valence electrons. The fraction of sp³-hybridized carbons (Fsp3) is 0.471. The molecule has 0 atom stereocenters. The molecule has 0 saturated heterocycles. The molecule has 0 aliphatic heterocycles. The highest BCUT2D eigenvalue weighted by Gasteiger charge is 2.12. The number of anilines is 1. The maximum absolute atomic E-state index is 9.40. The lowest BCUT2D eigenvalue weighted by atomic mass is 9.89. The van der Waals surface area contributed by atoms with Crippen molar-refractivity contribution in [3.8, 4) is 0 Å². The van der Waals surface area contributed by atoms with Crippen molar-refractivity contribution in [1.82, 2.24) is 15.0 Å². The minimum Gasteiger partial charge on any atom is -0.437 e. The van der Waals surface area contributed by atoms with Gasteiger partial charge in [-0.3, -0.25) is 0 Å². The van der Waals surface area contributed by atoms with Crippen LogP contribution in [0.3, 0.4) is 0 Å². The Kier molecular flexibility index (Phi) is 8.65. The van der Waals surface area contributed by atoms with Gasteiger partial charge in [0.05, 0.1) is 26.5 Å². The Bertz CT molecular complexity index is 717. The first-order valence-corrected chi connectivity index (χ1v) is 9.47. The quantitative estimate of drug-likeness (QED) is 0.256. The Morgan fingerprint density at radius 2 is 1.61 bits per heavy atom. The van der Waals surface area contributed by atoms with Crippen LogP contribution < -0.4 is 19.9 Å². The minimum absolute atomic E-state index is 0.543. The van der Waals surface area contributed by atoms with Crippen molar-refractivity contribution in [3.05, 3.63) is 36.7 Å². The molecule has 9 nitrogen and oxygen atoms in total. The van der Waals surface area contributed by atoms with Crippen molar-refractivity contribution in [2.75, 3.05) is 31.1 Å². The van der Waals surface area contributed by atoms with Crippen LogP contribution in [-0.4, -0.2) is 54.9 Å². The topological polar surface area (TPSA) is 101 Å². The van der Waals surface area contributed by atoms with Crippen molar-refractivity contribution >= 4 is 31.4 Å². The minimum atomic E-state index is -0.543. The highest BCUT2D eigenvalue weighted by atomic mass is 16.2. The zero-order valence-corrected chi connectivity index (χ0v) is 17.1. The first-order valence-electron chi connectivity index (χ1n) is 9.47. The van der Waals surface area contributed by atoms with Crippen LogP contribution in [0.4, 0.5) is 17.3 Å². The lowest BCUT2D eigenvalue weighted by Gasteiger charge is -2.25. The van der Waals surface area contributed by atoms with Gasteiger partial charge in [-0.2, -0.15) is 0 Å². The van der Waals surface area contributed by atoms with Crippen molar-refractivity contribution in [2.24, 2.45) is 24.3 Å². The molecule has 1 heterocycles. The zero-order chi connectivity index (χ0) is 20.5. The summed E-state index contributed by atoms with van der Waals surface area (Å²) in [6.45, 7) is 6.16. The van der Waals surface area contributed by atoms with E-state index < -0.39 is 14.1 Å². The third-order valence-electron chi connectivity index (χ3n) is 4.26. The SMILES string of the molecule is CB(O)NCCN(CCNB(C)O)c1ccc(N=Nc2n(C)cc[n+]2C)cc1. The standard InChI is InChI=1S/C17H30B2N7O2/c1-18(27)20-9-11-26(12-10-21-19(2)28)16-7-5-15(6-8-16)22-23-17-24(3)13-14-25(17)4/h5-8,13-14,20-21,27-28H,9-12H2,1-4H3/q+1. The van der Waals surface area contributed by atoms with E-state index >= 15 is 0 Å². The average Bonchev–Trinajstić information content (AvgIpc) is 2.96. The van der Waals surface area contributed by atoms with E-state index in [0.717, 1.165) is 30.4 Å². The van der Waals surface area contributed by atoms with Gasteiger partial charge in [-0.1, -0.05) is 5.11 Å². The van der Waals surface area contributed by atoms with Gasteiger partial charge in [0, 0.05) is 37.0 Å². The highest BCUT2D eigenvalue weighted by Crippen LogP contribution is 2.21. The zero-order valence-electron chi connectivity index (χ0n) is 17.1. The molecule has 0 aliphatic carbocycles. The second-order valence-corrected chi connectivity index (χ2v) is 6.78. The number of azo groups is 1. The fourth-order valence-electron chi connectivity index (χ4n) is 2.74. The molecule has 4 N–H and O–H groups in total. The Balaban J connectivity index is 2.03. The predicted molar refractivity (Wildman–Crippen MR) is 113 cm³/mol. The molecule has 1 aromatic carbocycles. The van der Waals surface area contributed by atoms with Crippen LogP contribution in [0.25, 0.3) is 0 Å². The summed E-state index contributed by atoms with van der Waals surface area (Å²) in [5, 5.41) is 33.4. The second-order valence-electron chi connectivity index (χ2n) is 6.78. The Morgan fingerprint density at radius 1 is 1.04 bits per heavy atom. The summed E-state index contributed by atoms with van der Waals surface area (Å²) in [5.74, 6) is 0.763. The van der Waals surface area contributed by atoms with E-state index in [1.807, 2.05) is 59.9 Å². The number of aromatic nitrogens is 2. The van der Waals surface area contributed by atoms with Crippen LogP contribution in [0, 0.1) is 0 Å². The second kappa shape index (κ2) is 11.0. The molecule has 2 rings (SSSR count). The van der Waals surface area contributed by atoms with E-state index in [9.17, 15) is 10.0 Å². The number of nitrogens with zero attached hydrogens (tertiary/aromatic N) is 5. The first-order chi connectivity index (χ1) is 13.4. The van der Waals surface area contributed by atoms with Gasteiger partial charge in [-0.25, -0.2) is 9.13 Å². The maximum Gasteiger partial charge on any atom is 0.421 e. The Labute approximate surface area is 167 Å². The monoisotopic (exact) mass is 386 g/mol. The highest BCUT2D eigenvalue weighted by molar-refractivity contribution is 6.45. The number of benzene rings is 1. The number of imidazole rings is 1. The van der Waals surface area contributed by atoms with Gasteiger partial charge in [0.1, 0.15) is 5.69 Å². The molecule has 0 radical (unpaired) electrons. The molecule has 28 heavy (non-hydrogen) atoms. The van der Waals surface area contributed by atoms with Crippen molar-refractivity contribution < 1.29 is 14.6 Å². The lowest BCUT2D eigenvalue weighted by molar-refractivity contribution is -0.657. The third kappa shape index (κ3) is 7.08. The number of aryl methyl sites for hydroxylation is 2. The maximum atomic E-state index is 9.40. The molecular formula is C17H30B2N7O2+. The van der Waals surface area contributed by atoms with E-state index in [1.54, 1.807) is 13.6 Å². The van der Waals surface area contributed by atoms with Crippen LogP contribution >= 0.6 is 0 Å². The van der Waals surface area contributed by atoms with Crippen molar-refractivity contribution in [1.29, 1.82) is 0 Å². The van der Waals surface area contributed by atoms with Crippen molar-refractivity contribution in [2.45, 2.75) is 13.6 Å². The van der Waals surface area contributed by atoms with Gasteiger partial charge in [-0.15, -0.1) is 0 Å².